The van der Waals surface area contributed by atoms with Gasteiger partial charge in [-0.05, 0) is 54.1 Å². The van der Waals surface area contributed by atoms with E-state index in [-0.39, 0.29) is 12.1 Å². The van der Waals surface area contributed by atoms with E-state index < -0.39 is 0 Å². The van der Waals surface area contributed by atoms with Crippen LogP contribution in [0.1, 0.15) is 12.8 Å². The van der Waals surface area contributed by atoms with Crippen molar-refractivity contribution in [2.45, 2.75) is 25.0 Å². The van der Waals surface area contributed by atoms with E-state index in [1.165, 1.54) is 0 Å². The summed E-state index contributed by atoms with van der Waals surface area (Å²) in [6.45, 7) is 1.88. The lowest BCUT2D eigenvalue weighted by atomic mass is 9.77. The smallest absolute Gasteiger partial charge is 0.266 e. The normalized spacial score (nSPS) is 26.3. The average molecular weight is 391 g/mol. The minimum absolute atomic E-state index is 0.170. The van der Waals surface area contributed by atoms with Gasteiger partial charge in [0.25, 0.3) is 11.8 Å². The minimum atomic E-state index is 0.170. The molecule has 1 aliphatic carbocycles. The van der Waals surface area contributed by atoms with Crippen LogP contribution in [0.25, 0.3) is 11.5 Å². The molecule has 1 N–H and O–H groups in total. The molecule has 0 spiro atoms. The molecule has 2 aliphatic rings. The van der Waals surface area contributed by atoms with Gasteiger partial charge >= 0.3 is 0 Å². The fraction of sp³-hybridized carbons (Fsp3) is 0.409. The second-order valence-electron chi connectivity index (χ2n) is 7.90. The van der Waals surface area contributed by atoms with Crippen LogP contribution in [0.3, 0.4) is 0 Å². The standard InChI is InChI=1S/C22H25N5O2/c1-28-19-12-17-14-27(22-25-21(29-26-22)15-7-3-2-4-8-15)13-16(17)11-18(19)24-20-9-5-6-10-23-20/h2-10,16-19H,11-14H2,1H3,(H,23,24)/t16-,17+,18-,19-/m1/s1. The third kappa shape index (κ3) is 3.70. The molecule has 2 fully saturated rings. The predicted molar refractivity (Wildman–Crippen MR) is 111 cm³/mol. The van der Waals surface area contributed by atoms with Crippen molar-refractivity contribution < 1.29 is 9.26 Å². The predicted octanol–water partition coefficient (Wildman–Crippen LogP) is 3.47. The van der Waals surface area contributed by atoms with Gasteiger partial charge < -0.3 is 19.5 Å². The van der Waals surface area contributed by atoms with Crippen LogP contribution in [0, 0.1) is 11.8 Å². The monoisotopic (exact) mass is 391 g/mol. The molecular weight excluding hydrogens is 366 g/mol. The molecule has 4 atom stereocenters. The summed E-state index contributed by atoms with van der Waals surface area (Å²) in [5, 5.41) is 7.81. The zero-order chi connectivity index (χ0) is 19.6. The molecular formula is C22H25N5O2. The second-order valence-corrected chi connectivity index (χ2v) is 7.90. The molecule has 7 nitrogen and oxygen atoms in total. The van der Waals surface area contributed by atoms with Gasteiger partial charge in [0.1, 0.15) is 5.82 Å². The van der Waals surface area contributed by atoms with E-state index in [4.69, 9.17) is 9.26 Å². The Bertz CT molecular complexity index is 933. The number of nitrogens with one attached hydrogen (secondary N) is 1. The van der Waals surface area contributed by atoms with Crippen LogP contribution in [0.4, 0.5) is 11.8 Å². The molecule has 1 aliphatic heterocycles. The first-order chi connectivity index (χ1) is 14.3. The molecule has 0 bridgehead atoms. The summed E-state index contributed by atoms with van der Waals surface area (Å²) in [6, 6.07) is 16.1. The molecule has 1 aromatic carbocycles. The third-order valence-electron chi connectivity index (χ3n) is 6.14. The molecule has 7 heteroatoms. The summed E-state index contributed by atoms with van der Waals surface area (Å²) in [6.07, 6.45) is 4.04. The highest BCUT2D eigenvalue weighted by molar-refractivity contribution is 5.54. The van der Waals surface area contributed by atoms with Gasteiger partial charge in [-0.25, -0.2) is 4.98 Å². The Morgan fingerprint density at radius 3 is 2.59 bits per heavy atom. The highest BCUT2D eigenvalue weighted by Crippen LogP contribution is 2.39. The van der Waals surface area contributed by atoms with Crippen LogP contribution >= 0.6 is 0 Å². The van der Waals surface area contributed by atoms with Crippen LogP contribution in [0.5, 0.6) is 0 Å². The van der Waals surface area contributed by atoms with Gasteiger partial charge in [0.2, 0.25) is 0 Å². The van der Waals surface area contributed by atoms with Crippen molar-refractivity contribution in [3.8, 4) is 11.5 Å². The molecule has 3 aromatic rings. The van der Waals surface area contributed by atoms with E-state index in [1.54, 1.807) is 7.11 Å². The fourth-order valence-electron chi connectivity index (χ4n) is 4.67. The van der Waals surface area contributed by atoms with Crippen LogP contribution in [0.15, 0.2) is 59.3 Å². The number of rotatable bonds is 5. The summed E-state index contributed by atoms with van der Waals surface area (Å²) in [5.41, 5.74) is 0.946. The number of nitrogens with zero attached hydrogens (tertiary/aromatic N) is 4. The lowest BCUT2D eigenvalue weighted by Gasteiger charge is -2.37. The fourth-order valence-corrected chi connectivity index (χ4v) is 4.67. The Morgan fingerprint density at radius 1 is 1.03 bits per heavy atom. The van der Waals surface area contributed by atoms with Crippen molar-refractivity contribution >= 4 is 11.8 Å². The molecule has 0 amide bonds. The molecule has 2 aromatic heterocycles. The van der Waals surface area contributed by atoms with E-state index >= 15 is 0 Å². The van der Waals surface area contributed by atoms with E-state index in [0.717, 1.165) is 37.3 Å². The van der Waals surface area contributed by atoms with Gasteiger partial charge in [-0.1, -0.05) is 24.3 Å². The zero-order valence-electron chi connectivity index (χ0n) is 16.4. The molecule has 150 valence electrons. The summed E-state index contributed by atoms with van der Waals surface area (Å²) in [7, 11) is 1.80. The number of hydrogen-bond acceptors (Lipinski definition) is 7. The highest BCUT2D eigenvalue weighted by Gasteiger charge is 2.43. The maximum absolute atomic E-state index is 5.83. The van der Waals surface area contributed by atoms with Crippen LogP contribution in [-0.4, -0.2) is 47.5 Å². The molecule has 1 saturated heterocycles. The summed E-state index contributed by atoms with van der Waals surface area (Å²) in [5.74, 6) is 3.29. The molecule has 29 heavy (non-hydrogen) atoms. The number of hydrogen-bond donors (Lipinski definition) is 1. The topological polar surface area (TPSA) is 76.3 Å². The number of fused-ring (bicyclic) bond motifs is 1. The van der Waals surface area contributed by atoms with Gasteiger partial charge in [0.05, 0.1) is 12.1 Å². The van der Waals surface area contributed by atoms with Crippen LogP contribution in [0.2, 0.25) is 0 Å². The van der Waals surface area contributed by atoms with E-state index in [2.05, 4.69) is 25.3 Å². The molecule has 3 heterocycles. The highest BCUT2D eigenvalue weighted by atomic mass is 16.5. The minimum Gasteiger partial charge on any atom is -0.379 e. The number of benzene rings is 1. The van der Waals surface area contributed by atoms with Crippen molar-refractivity contribution in [1.29, 1.82) is 0 Å². The second kappa shape index (κ2) is 7.83. The lowest BCUT2D eigenvalue weighted by Crippen LogP contribution is -2.44. The number of methoxy groups -OCH3 is 1. The van der Waals surface area contributed by atoms with E-state index in [0.29, 0.717) is 23.7 Å². The molecule has 1 saturated carbocycles. The van der Waals surface area contributed by atoms with Crippen molar-refractivity contribution in [2.24, 2.45) is 11.8 Å². The summed E-state index contributed by atoms with van der Waals surface area (Å²) < 4.78 is 11.3. The van der Waals surface area contributed by atoms with Gasteiger partial charge in [-0.3, -0.25) is 0 Å². The first kappa shape index (κ1) is 18.1. The van der Waals surface area contributed by atoms with Crippen molar-refractivity contribution in [1.82, 2.24) is 15.1 Å². The Balaban J connectivity index is 1.29. The number of anilines is 2. The quantitative estimate of drug-likeness (QED) is 0.714. The number of pyridine rings is 1. The molecule has 5 rings (SSSR count). The Hall–Kier alpha value is -2.93. The Labute approximate surface area is 170 Å². The summed E-state index contributed by atoms with van der Waals surface area (Å²) in [4.78, 5) is 11.3. The molecule has 0 unspecified atom stereocenters. The van der Waals surface area contributed by atoms with Gasteiger partial charge in [-0.15, -0.1) is 0 Å². The SMILES string of the molecule is CO[C@@H]1C[C@H]2CN(c3noc(-c4ccccc4)n3)C[C@H]2C[C@H]1Nc1ccccn1. The molecule has 0 radical (unpaired) electrons. The number of aromatic nitrogens is 3. The maximum Gasteiger partial charge on any atom is 0.266 e. The summed E-state index contributed by atoms with van der Waals surface area (Å²) >= 11 is 0. The average Bonchev–Trinajstić information content (AvgIpc) is 3.41. The van der Waals surface area contributed by atoms with E-state index in [1.807, 2.05) is 54.7 Å². The van der Waals surface area contributed by atoms with Gasteiger partial charge in [0, 0.05) is 32.0 Å². The zero-order valence-corrected chi connectivity index (χ0v) is 16.4. The van der Waals surface area contributed by atoms with Crippen LogP contribution in [-0.2, 0) is 4.74 Å². The number of ether oxygens (including phenoxy) is 1. The first-order valence-electron chi connectivity index (χ1n) is 10.1. The Kier molecular flexibility index (Phi) is 4.89. The Morgan fingerprint density at radius 2 is 1.83 bits per heavy atom. The lowest BCUT2D eigenvalue weighted by molar-refractivity contribution is 0.0305. The van der Waals surface area contributed by atoms with Gasteiger partial charge in [0.15, 0.2) is 0 Å². The van der Waals surface area contributed by atoms with Crippen molar-refractivity contribution in [3.05, 3.63) is 54.7 Å². The third-order valence-corrected chi connectivity index (χ3v) is 6.14. The van der Waals surface area contributed by atoms with E-state index in [9.17, 15) is 0 Å². The largest absolute Gasteiger partial charge is 0.379 e. The maximum atomic E-state index is 5.83. The van der Waals surface area contributed by atoms with Gasteiger partial charge in [-0.2, -0.15) is 4.98 Å². The van der Waals surface area contributed by atoms with Crippen molar-refractivity contribution in [3.63, 3.8) is 0 Å². The van der Waals surface area contributed by atoms with Crippen LogP contribution < -0.4 is 10.2 Å². The first-order valence-corrected chi connectivity index (χ1v) is 10.1. The van der Waals surface area contributed by atoms with Crippen molar-refractivity contribution in [2.75, 3.05) is 30.4 Å².